The summed E-state index contributed by atoms with van der Waals surface area (Å²) in [6.45, 7) is 3.94. The predicted molar refractivity (Wildman–Crippen MR) is 67.3 cm³/mol. The van der Waals surface area contributed by atoms with E-state index in [1.807, 2.05) is 44.2 Å². The summed E-state index contributed by atoms with van der Waals surface area (Å²) in [7, 11) is 0. The first kappa shape index (κ1) is 11.4. The van der Waals surface area contributed by atoms with E-state index in [9.17, 15) is 4.79 Å². The number of hydrogen-bond donors (Lipinski definition) is 0. The minimum absolute atomic E-state index is 0.322. The third-order valence-corrected chi connectivity index (χ3v) is 2.49. The number of aryl methyl sites for hydroxylation is 2. The first-order valence-electron chi connectivity index (χ1n) is 5.51. The van der Waals surface area contributed by atoms with Gasteiger partial charge in [0.2, 0.25) is 0 Å². The van der Waals surface area contributed by atoms with Crippen LogP contribution in [-0.2, 0) is 0 Å². The molecule has 17 heavy (non-hydrogen) atoms. The van der Waals surface area contributed by atoms with Gasteiger partial charge in [0.1, 0.15) is 5.75 Å². The Morgan fingerprint density at radius 3 is 2.29 bits per heavy atom. The maximum absolute atomic E-state index is 11.8. The molecule has 0 amide bonds. The molecule has 0 saturated heterocycles. The van der Waals surface area contributed by atoms with Gasteiger partial charge in [-0.05, 0) is 38.1 Å². The van der Waals surface area contributed by atoms with Crippen molar-refractivity contribution >= 4 is 5.97 Å². The highest BCUT2D eigenvalue weighted by atomic mass is 16.5. The highest BCUT2D eigenvalue weighted by Gasteiger charge is 2.07. The number of hydrogen-bond acceptors (Lipinski definition) is 2. The molecular formula is C15H14O2. The molecule has 2 aromatic rings. The van der Waals surface area contributed by atoms with Crippen molar-refractivity contribution in [3.63, 3.8) is 0 Å². The van der Waals surface area contributed by atoms with E-state index in [2.05, 4.69) is 0 Å². The molecule has 0 aliphatic heterocycles. The van der Waals surface area contributed by atoms with E-state index in [1.165, 1.54) is 0 Å². The van der Waals surface area contributed by atoms with Crippen molar-refractivity contribution in [3.05, 3.63) is 65.2 Å². The van der Waals surface area contributed by atoms with Gasteiger partial charge in [-0.1, -0.05) is 35.4 Å². The summed E-state index contributed by atoms with van der Waals surface area (Å²) in [4.78, 5) is 11.8. The van der Waals surface area contributed by atoms with E-state index in [0.29, 0.717) is 11.3 Å². The minimum Gasteiger partial charge on any atom is -0.423 e. The maximum atomic E-state index is 11.8. The molecular weight excluding hydrogens is 212 g/mol. The fourth-order valence-corrected chi connectivity index (χ4v) is 1.54. The van der Waals surface area contributed by atoms with Crippen molar-refractivity contribution in [2.24, 2.45) is 0 Å². The van der Waals surface area contributed by atoms with Crippen molar-refractivity contribution in [1.29, 1.82) is 0 Å². The quantitative estimate of drug-likeness (QED) is 0.578. The summed E-state index contributed by atoms with van der Waals surface area (Å²) in [6, 6.07) is 14.8. The molecule has 0 bridgehead atoms. The molecule has 0 spiro atoms. The second-order valence-corrected chi connectivity index (χ2v) is 4.07. The maximum Gasteiger partial charge on any atom is 0.343 e. The summed E-state index contributed by atoms with van der Waals surface area (Å²) in [6.07, 6.45) is 0. The Hall–Kier alpha value is -2.09. The lowest BCUT2D eigenvalue weighted by molar-refractivity contribution is 0.0734. The van der Waals surface area contributed by atoms with Crippen LogP contribution in [0.15, 0.2) is 48.5 Å². The second kappa shape index (κ2) is 4.83. The fraction of sp³-hybridized carbons (Fsp3) is 0.133. The van der Waals surface area contributed by atoms with Gasteiger partial charge in [0.15, 0.2) is 0 Å². The van der Waals surface area contributed by atoms with Gasteiger partial charge in [-0.3, -0.25) is 0 Å². The fourth-order valence-electron chi connectivity index (χ4n) is 1.54. The average molecular weight is 226 g/mol. The van der Waals surface area contributed by atoms with Crippen molar-refractivity contribution in [3.8, 4) is 5.75 Å². The molecule has 2 rings (SSSR count). The highest BCUT2D eigenvalue weighted by Crippen LogP contribution is 2.14. The lowest BCUT2D eigenvalue weighted by Crippen LogP contribution is -2.08. The van der Waals surface area contributed by atoms with E-state index in [4.69, 9.17) is 4.74 Å². The Morgan fingerprint density at radius 2 is 1.65 bits per heavy atom. The largest absolute Gasteiger partial charge is 0.423 e. The van der Waals surface area contributed by atoms with Crippen LogP contribution in [0.3, 0.4) is 0 Å². The molecule has 2 aromatic carbocycles. The van der Waals surface area contributed by atoms with Crippen LogP contribution in [-0.4, -0.2) is 5.97 Å². The van der Waals surface area contributed by atoms with Crippen molar-refractivity contribution in [2.75, 3.05) is 0 Å². The Morgan fingerprint density at radius 1 is 0.941 bits per heavy atom. The van der Waals surface area contributed by atoms with Crippen molar-refractivity contribution < 1.29 is 9.53 Å². The van der Waals surface area contributed by atoms with Crippen LogP contribution < -0.4 is 4.74 Å². The van der Waals surface area contributed by atoms with E-state index in [-0.39, 0.29) is 5.97 Å². The molecule has 0 atom stereocenters. The summed E-state index contributed by atoms with van der Waals surface area (Å²) >= 11 is 0. The smallest absolute Gasteiger partial charge is 0.343 e. The van der Waals surface area contributed by atoms with Crippen LogP contribution in [0.4, 0.5) is 0 Å². The Labute approximate surface area is 101 Å². The SMILES string of the molecule is Cc1ccc(OC(=O)c2cccc(C)c2)cc1. The molecule has 0 radical (unpaired) electrons. The standard InChI is InChI=1S/C15H14O2/c1-11-6-8-14(9-7-11)17-15(16)13-5-3-4-12(2)10-13/h3-10H,1-2H3. The molecule has 0 aromatic heterocycles. The van der Waals surface area contributed by atoms with E-state index in [1.54, 1.807) is 18.2 Å². The van der Waals surface area contributed by atoms with Gasteiger partial charge in [0, 0.05) is 0 Å². The normalized spacial score (nSPS) is 10.0. The summed E-state index contributed by atoms with van der Waals surface area (Å²) in [5.41, 5.74) is 2.76. The number of esters is 1. The van der Waals surface area contributed by atoms with Gasteiger partial charge in [-0.2, -0.15) is 0 Å². The zero-order valence-corrected chi connectivity index (χ0v) is 9.94. The lowest BCUT2D eigenvalue weighted by Gasteiger charge is -2.05. The average Bonchev–Trinajstić information content (AvgIpc) is 2.32. The van der Waals surface area contributed by atoms with Gasteiger partial charge in [0.25, 0.3) is 0 Å². The van der Waals surface area contributed by atoms with Crippen LogP contribution >= 0.6 is 0 Å². The van der Waals surface area contributed by atoms with Gasteiger partial charge >= 0.3 is 5.97 Å². The van der Waals surface area contributed by atoms with Crippen LogP contribution in [0.1, 0.15) is 21.5 Å². The molecule has 2 heteroatoms. The molecule has 0 unspecified atom stereocenters. The molecule has 0 heterocycles. The molecule has 0 fully saturated rings. The van der Waals surface area contributed by atoms with Crippen LogP contribution in [0.2, 0.25) is 0 Å². The van der Waals surface area contributed by atoms with Crippen LogP contribution in [0.25, 0.3) is 0 Å². The second-order valence-electron chi connectivity index (χ2n) is 4.07. The van der Waals surface area contributed by atoms with Crippen molar-refractivity contribution in [2.45, 2.75) is 13.8 Å². The Bertz CT molecular complexity index is 527. The van der Waals surface area contributed by atoms with Gasteiger partial charge < -0.3 is 4.74 Å². The summed E-state index contributed by atoms with van der Waals surface area (Å²) < 4.78 is 5.27. The number of rotatable bonds is 2. The first-order valence-corrected chi connectivity index (χ1v) is 5.51. The topological polar surface area (TPSA) is 26.3 Å². The molecule has 0 saturated carbocycles. The zero-order valence-electron chi connectivity index (χ0n) is 9.94. The van der Waals surface area contributed by atoms with E-state index in [0.717, 1.165) is 11.1 Å². The number of ether oxygens (including phenoxy) is 1. The van der Waals surface area contributed by atoms with Crippen LogP contribution in [0.5, 0.6) is 5.75 Å². The third kappa shape index (κ3) is 2.94. The number of benzene rings is 2. The Kier molecular flexibility index (Phi) is 3.24. The summed E-state index contributed by atoms with van der Waals surface area (Å²) in [5, 5.41) is 0. The lowest BCUT2D eigenvalue weighted by atomic mass is 10.1. The monoisotopic (exact) mass is 226 g/mol. The number of carbonyl (C=O) groups is 1. The van der Waals surface area contributed by atoms with E-state index < -0.39 is 0 Å². The highest BCUT2D eigenvalue weighted by molar-refractivity contribution is 5.91. The van der Waals surface area contributed by atoms with Gasteiger partial charge in [-0.25, -0.2) is 4.79 Å². The summed E-state index contributed by atoms with van der Waals surface area (Å²) in [5.74, 6) is 0.250. The first-order chi connectivity index (χ1) is 8.15. The van der Waals surface area contributed by atoms with Gasteiger partial charge in [0.05, 0.1) is 5.56 Å². The Balaban J connectivity index is 2.14. The van der Waals surface area contributed by atoms with Crippen molar-refractivity contribution in [1.82, 2.24) is 0 Å². The third-order valence-electron chi connectivity index (χ3n) is 2.49. The zero-order chi connectivity index (χ0) is 12.3. The molecule has 0 aliphatic carbocycles. The van der Waals surface area contributed by atoms with E-state index >= 15 is 0 Å². The minimum atomic E-state index is -0.322. The number of carbonyl (C=O) groups excluding carboxylic acids is 1. The van der Waals surface area contributed by atoms with Gasteiger partial charge in [-0.15, -0.1) is 0 Å². The molecule has 0 aliphatic rings. The predicted octanol–water partition coefficient (Wildman–Crippen LogP) is 3.52. The molecule has 86 valence electrons. The van der Waals surface area contributed by atoms with Crippen LogP contribution in [0, 0.1) is 13.8 Å². The molecule has 0 N–H and O–H groups in total. The molecule has 2 nitrogen and oxygen atoms in total.